The van der Waals surface area contributed by atoms with Gasteiger partial charge in [0.05, 0.1) is 23.4 Å². The number of aryl methyl sites for hydroxylation is 1. The van der Waals surface area contributed by atoms with Crippen molar-refractivity contribution < 1.29 is 22.4 Å². The first kappa shape index (κ1) is 25.2. The molecule has 180 valence electrons. The van der Waals surface area contributed by atoms with Crippen molar-refractivity contribution in [2.24, 2.45) is 5.10 Å². The Hall–Kier alpha value is -3.43. The highest BCUT2D eigenvalue weighted by Gasteiger charge is 2.15. The van der Waals surface area contributed by atoms with E-state index in [1.807, 2.05) is 25.1 Å². The number of nitrogens with zero attached hydrogens (tertiary/aromatic N) is 1. The Morgan fingerprint density at radius 1 is 1.12 bits per heavy atom. The first-order valence-corrected chi connectivity index (χ1v) is 12.3. The molecule has 9 heteroatoms. The molecular formula is C25H29N3O5S. The molecule has 1 amide bonds. The lowest BCUT2D eigenvalue weighted by atomic mass is 10.0. The van der Waals surface area contributed by atoms with Gasteiger partial charge in [0.2, 0.25) is 10.0 Å². The molecule has 2 aromatic carbocycles. The molecule has 0 saturated carbocycles. The van der Waals surface area contributed by atoms with Crippen LogP contribution in [0.4, 0.5) is 0 Å². The number of rotatable bonds is 10. The van der Waals surface area contributed by atoms with Gasteiger partial charge < -0.3 is 9.15 Å². The maximum atomic E-state index is 12.4. The predicted molar refractivity (Wildman–Crippen MR) is 130 cm³/mol. The van der Waals surface area contributed by atoms with E-state index in [2.05, 4.69) is 29.1 Å². The Bertz CT molecular complexity index is 1250. The van der Waals surface area contributed by atoms with Crippen LogP contribution in [0.15, 0.2) is 75.3 Å². The summed E-state index contributed by atoms with van der Waals surface area (Å²) in [4.78, 5) is 12.4. The molecule has 0 atom stereocenters. The van der Waals surface area contributed by atoms with Gasteiger partial charge in [-0.15, -0.1) is 0 Å². The number of carbonyl (C=O) groups excluding carboxylic acids is 1. The molecule has 8 nitrogen and oxygen atoms in total. The first-order chi connectivity index (χ1) is 16.2. The van der Waals surface area contributed by atoms with Gasteiger partial charge in [0, 0.05) is 0 Å². The van der Waals surface area contributed by atoms with Crippen molar-refractivity contribution in [2.75, 3.05) is 6.61 Å². The second kappa shape index (κ2) is 11.1. The third kappa shape index (κ3) is 6.79. The zero-order valence-corrected chi connectivity index (χ0v) is 20.5. The number of ether oxygens (including phenoxy) is 1. The molecule has 34 heavy (non-hydrogen) atoms. The van der Waals surface area contributed by atoms with E-state index in [0.29, 0.717) is 22.8 Å². The molecule has 0 aliphatic carbocycles. The first-order valence-electron chi connectivity index (χ1n) is 10.8. The van der Waals surface area contributed by atoms with Crippen molar-refractivity contribution >= 4 is 21.6 Å². The zero-order valence-electron chi connectivity index (χ0n) is 19.7. The number of hydrogen-bond acceptors (Lipinski definition) is 6. The lowest BCUT2D eigenvalue weighted by molar-refractivity contribution is -0.123. The Morgan fingerprint density at radius 2 is 1.85 bits per heavy atom. The van der Waals surface area contributed by atoms with E-state index in [4.69, 9.17) is 9.15 Å². The van der Waals surface area contributed by atoms with Crippen LogP contribution in [0.5, 0.6) is 5.75 Å². The largest absolute Gasteiger partial charge is 0.483 e. The van der Waals surface area contributed by atoms with Crippen LogP contribution in [0.2, 0.25) is 0 Å². The second-order valence-corrected chi connectivity index (χ2v) is 9.91. The second-order valence-electron chi connectivity index (χ2n) is 8.15. The van der Waals surface area contributed by atoms with Gasteiger partial charge in [-0.2, -0.15) is 5.10 Å². The number of nitrogens with one attached hydrogen (secondary N) is 2. The quantitative estimate of drug-likeness (QED) is 0.333. The van der Waals surface area contributed by atoms with Crippen molar-refractivity contribution in [2.45, 2.75) is 45.1 Å². The van der Waals surface area contributed by atoms with Crippen LogP contribution in [0.3, 0.4) is 0 Å². The molecule has 0 fully saturated rings. The molecule has 2 N–H and O–H groups in total. The minimum absolute atomic E-state index is 0.0624. The summed E-state index contributed by atoms with van der Waals surface area (Å²) in [5.74, 6) is 1.08. The molecular weight excluding hydrogens is 454 g/mol. The normalized spacial score (nSPS) is 12.1. The third-order valence-electron chi connectivity index (χ3n) is 5.10. The standard InChI is InChI=1S/C25H29N3O5S/c1-17(2)23-12-7-18(3)14-24(23)33-16-25(29)28-27-19(4)20-8-10-22(11-9-20)34(30,31)26-15-21-6-5-13-32-21/h5-14,17,26H,15-16H2,1-4H3,(H,28,29)/b27-19+. The summed E-state index contributed by atoms with van der Waals surface area (Å²) in [6, 6.07) is 15.5. The molecule has 0 bridgehead atoms. The lowest BCUT2D eigenvalue weighted by Crippen LogP contribution is -2.26. The fourth-order valence-corrected chi connectivity index (χ4v) is 4.16. The summed E-state index contributed by atoms with van der Waals surface area (Å²) in [5, 5.41) is 4.10. The molecule has 0 spiro atoms. The van der Waals surface area contributed by atoms with Crippen molar-refractivity contribution in [3.63, 3.8) is 0 Å². The van der Waals surface area contributed by atoms with Crippen LogP contribution >= 0.6 is 0 Å². The molecule has 3 aromatic rings. The van der Waals surface area contributed by atoms with Crippen molar-refractivity contribution in [1.29, 1.82) is 0 Å². The molecule has 1 heterocycles. The van der Waals surface area contributed by atoms with E-state index in [0.717, 1.165) is 11.1 Å². The summed E-state index contributed by atoms with van der Waals surface area (Å²) in [7, 11) is -3.69. The summed E-state index contributed by atoms with van der Waals surface area (Å²) < 4.78 is 38.2. The van der Waals surface area contributed by atoms with Gasteiger partial charge in [0.1, 0.15) is 11.5 Å². The highest BCUT2D eigenvalue weighted by atomic mass is 32.2. The van der Waals surface area contributed by atoms with Gasteiger partial charge in [0.15, 0.2) is 6.61 Å². The van der Waals surface area contributed by atoms with Crippen LogP contribution in [-0.2, 0) is 21.4 Å². The van der Waals surface area contributed by atoms with Crippen LogP contribution in [0.1, 0.15) is 49.1 Å². The van der Waals surface area contributed by atoms with Gasteiger partial charge in [0.25, 0.3) is 5.91 Å². The zero-order chi connectivity index (χ0) is 24.7. The van der Waals surface area contributed by atoms with Gasteiger partial charge in [-0.05, 0) is 66.8 Å². The Morgan fingerprint density at radius 3 is 2.50 bits per heavy atom. The van der Waals surface area contributed by atoms with E-state index in [1.54, 1.807) is 31.2 Å². The van der Waals surface area contributed by atoms with Crippen molar-refractivity contribution in [3.8, 4) is 5.75 Å². The smallest absolute Gasteiger partial charge is 0.277 e. The minimum atomic E-state index is -3.69. The van der Waals surface area contributed by atoms with Crippen LogP contribution in [0.25, 0.3) is 0 Å². The maximum Gasteiger partial charge on any atom is 0.277 e. The Labute approximate surface area is 200 Å². The average Bonchev–Trinajstić information content (AvgIpc) is 3.34. The number of sulfonamides is 1. The van der Waals surface area contributed by atoms with Crippen molar-refractivity contribution in [3.05, 3.63) is 83.3 Å². The van der Waals surface area contributed by atoms with E-state index >= 15 is 0 Å². The van der Waals surface area contributed by atoms with Gasteiger partial charge in [-0.1, -0.05) is 38.1 Å². The van der Waals surface area contributed by atoms with Gasteiger partial charge >= 0.3 is 0 Å². The van der Waals surface area contributed by atoms with Crippen molar-refractivity contribution in [1.82, 2.24) is 10.1 Å². The van der Waals surface area contributed by atoms with Gasteiger partial charge in [-0.3, -0.25) is 4.79 Å². The Kier molecular flexibility index (Phi) is 8.25. The average molecular weight is 484 g/mol. The highest BCUT2D eigenvalue weighted by molar-refractivity contribution is 7.89. The van der Waals surface area contributed by atoms with E-state index in [-0.39, 0.29) is 24.0 Å². The lowest BCUT2D eigenvalue weighted by Gasteiger charge is -2.14. The molecule has 0 unspecified atom stereocenters. The molecule has 0 aliphatic heterocycles. The number of amides is 1. The summed E-state index contributed by atoms with van der Waals surface area (Å²) >= 11 is 0. The fourth-order valence-electron chi connectivity index (χ4n) is 3.17. The molecule has 0 saturated heterocycles. The van der Waals surface area contributed by atoms with E-state index < -0.39 is 15.9 Å². The number of benzene rings is 2. The summed E-state index contributed by atoms with van der Waals surface area (Å²) in [6.45, 7) is 7.72. The number of hydrogen-bond donors (Lipinski definition) is 2. The molecule has 3 rings (SSSR count). The molecule has 0 radical (unpaired) electrons. The third-order valence-corrected chi connectivity index (χ3v) is 6.51. The van der Waals surface area contributed by atoms with Crippen LogP contribution < -0.4 is 14.9 Å². The van der Waals surface area contributed by atoms with Crippen LogP contribution in [0, 0.1) is 6.92 Å². The maximum absolute atomic E-state index is 12.4. The number of carbonyl (C=O) groups is 1. The van der Waals surface area contributed by atoms with Crippen LogP contribution in [-0.4, -0.2) is 26.6 Å². The summed E-state index contributed by atoms with van der Waals surface area (Å²) in [6.07, 6.45) is 1.48. The number of hydrazone groups is 1. The SMILES string of the molecule is C/C(=N\NC(=O)COc1cc(C)ccc1C(C)C)c1ccc(S(=O)(=O)NCc2ccco2)cc1. The monoisotopic (exact) mass is 483 g/mol. The fraction of sp³-hybridized carbons (Fsp3) is 0.280. The Balaban J connectivity index is 1.57. The topological polar surface area (TPSA) is 110 Å². The number of furan rings is 1. The van der Waals surface area contributed by atoms with E-state index in [9.17, 15) is 13.2 Å². The predicted octanol–water partition coefficient (Wildman–Crippen LogP) is 4.11. The van der Waals surface area contributed by atoms with Gasteiger partial charge in [-0.25, -0.2) is 18.6 Å². The molecule has 1 aromatic heterocycles. The highest BCUT2D eigenvalue weighted by Crippen LogP contribution is 2.27. The minimum Gasteiger partial charge on any atom is -0.483 e. The van der Waals surface area contributed by atoms with E-state index in [1.165, 1.54) is 18.4 Å². The summed E-state index contributed by atoms with van der Waals surface area (Å²) in [5.41, 5.74) is 5.76. The molecule has 0 aliphatic rings.